The smallest absolute Gasteiger partial charge is 0.224 e. The molecule has 0 aromatic carbocycles. The van der Waals surface area contributed by atoms with Crippen LogP contribution in [-0.2, 0) is 6.54 Å². The summed E-state index contributed by atoms with van der Waals surface area (Å²) in [5, 5.41) is 16.7. The van der Waals surface area contributed by atoms with Gasteiger partial charge >= 0.3 is 0 Å². The molecule has 0 saturated heterocycles. The van der Waals surface area contributed by atoms with Crippen LogP contribution in [0.25, 0.3) is 5.82 Å². The molecule has 0 radical (unpaired) electrons. The van der Waals surface area contributed by atoms with Gasteiger partial charge in [-0.2, -0.15) is 20.3 Å². The van der Waals surface area contributed by atoms with Gasteiger partial charge in [-0.25, -0.2) is 4.68 Å². The number of nitrogens with two attached hydrogens (primary N) is 1. The van der Waals surface area contributed by atoms with Crippen molar-refractivity contribution in [2.45, 2.75) is 20.4 Å². The summed E-state index contributed by atoms with van der Waals surface area (Å²) in [4.78, 5) is 12.7. The second-order valence-electron chi connectivity index (χ2n) is 5.32. The van der Waals surface area contributed by atoms with Crippen LogP contribution >= 0.6 is 0 Å². The van der Waals surface area contributed by atoms with E-state index in [1.54, 1.807) is 24.7 Å². The molecule has 3 aromatic heterocycles. The lowest BCUT2D eigenvalue weighted by Gasteiger charge is -2.12. The maximum Gasteiger partial charge on any atom is 0.224 e. The highest BCUT2D eigenvalue weighted by molar-refractivity contribution is 5.61. The van der Waals surface area contributed by atoms with Gasteiger partial charge in [0.25, 0.3) is 0 Å². The number of nitriles is 1. The lowest BCUT2D eigenvalue weighted by atomic mass is 10.1. The highest BCUT2D eigenvalue weighted by Gasteiger charge is 2.15. The molecule has 24 heavy (non-hydrogen) atoms. The molecular weight excluding hydrogens is 304 g/mol. The Bertz CT molecular complexity index is 909. The van der Waals surface area contributed by atoms with Crippen LogP contribution in [0.5, 0.6) is 0 Å². The second-order valence-corrected chi connectivity index (χ2v) is 5.32. The monoisotopic (exact) mass is 320 g/mol. The van der Waals surface area contributed by atoms with Gasteiger partial charge in [-0.05, 0) is 31.0 Å². The topological polar surface area (TPSA) is 118 Å². The third kappa shape index (κ3) is 3.01. The Hall–Kier alpha value is -3.47. The summed E-state index contributed by atoms with van der Waals surface area (Å²) in [7, 11) is 0. The zero-order chi connectivity index (χ0) is 17.1. The molecule has 8 nitrogen and oxygen atoms in total. The predicted octanol–water partition coefficient (Wildman–Crippen LogP) is 1.74. The maximum atomic E-state index is 9.51. The molecule has 0 aliphatic heterocycles. The summed E-state index contributed by atoms with van der Waals surface area (Å²) in [6.45, 7) is 4.41. The number of hydrogen-bond donors (Lipinski definition) is 2. The fraction of sp³-hybridized carbons (Fsp3) is 0.188. The fourth-order valence-corrected chi connectivity index (χ4v) is 2.35. The van der Waals surface area contributed by atoms with E-state index in [1.807, 2.05) is 13.8 Å². The number of aromatic nitrogens is 5. The molecular formula is C16H16N8. The summed E-state index contributed by atoms with van der Waals surface area (Å²) in [6, 6.07) is 5.91. The zero-order valence-corrected chi connectivity index (χ0v) is 13.4. The van der Waals surface area contributed by atoms with Crippen molar-refractivity contribution in [2.75, 3.05) is 11.1 Å². The average Bonchev–Trinajstić information content (AvgIpc) is 3.07. The largest absolute Gasteiger partial charge is 0.368 e. The van der Waals surface area contributed by atoms with Gasteiger partial charge < -0.3 is 11.1 Å². The minimum absolute atomic E-state index is 0.0654. The molecule has 3 aromatic rings. The lowest BCUT2D eigenvalue weighted by molar-refractivity contribution is 0.837. The van der Waals surface area contributed by atoms with Crippen LogP contribution in [-0.4, -0.2) is 24.7 Å². The number of pyridine rings is 1. The Labute approximate surface area is 139 Å². The number of hydrogen-bond acceptors (Lipinski definition) is 7. The summed E-state index contributed by atoms with van der Waals surface area (Å²) >= 11 is 0. The second kappa shape index (κ2) is 6.34. The van der Waals surface area contributed by atoms with Crippen molar-refractivity contribution < 1.29 is 0 Å². The van der Waals surface area contributed by atoms with Crippen molar-refractivity contribution in [1.82, 2.24) is 24.7 Å². The van der Waals surface area contributed by atoms with Crippen LogP contribution in [0.15, 0.2) is 30.7 Å². The molecule has 0 amide bonds. The molecule has 0 unspecified atom stereocenters. The Morgan fingerprint density at radius 2 is 2.17 bits per heavy atom. The molecule has 8 heteroatoms. The molecule has 3 heterocycles. The number of nitrogen functional groups attached to an aromatic ring is 1. The summed E-state index contributed by atoms with van der Waals surface area (Å²) < 4.78 is 1.48. The summed E-state index contributed by atoms with van der Waals surface area (Å²) in [5.41, 5.74) is 9.10. The van der Waals surface area contributed by atoms with Crippen LogP contribution in [0.1, 0.15) is 22.4 Å². The van der Waals surface area contributed by atoms with Gasteiger partial charge in [0.15, 0.2) is 11.6 Å². The van der Waals surface area contributed by atoms with Crippen LogP contribution in [0.4, 0.5) is 11.8 Å². The normalized spacial score (nSPS) is 10.4. The average molecular weight is 320 g/mol. The first-order valence-electron chi connectivity index (χ1n) is 7.32. The zero-order valence-electron chi connectivity index (χ0n) is 13.4. The third-order valence-electron chi connectivity index (χ3n) is 3.49. The van der Waals surface area contributed by atoms with Crippen molar-refractivity contribution >= 4 is 11.8 Å². The fourth-order valence-electron chi connectivity index (χ4n) is 2.35. The van der Waals surface area contributed by atoms with E-state index in [2.05, 4.69) is 37.5 Å². The minimum atomic E-state index is 0.0654. The Morgan fingerprint density at radius 1 is 1.33 bits per heavy atom. The van der Waals surface area contributed by atoms with Gasteiger partial charge in [0.2, 0.25) is 5.95 Å². The minimum Gasteiger partial charge on any atom is -0.368 e. The first kappa shape index (κ1) is 15.4. The van der Waals surface area contributed by atoms with E-state index in [-0.39, 0.29) is 11.5 Å². The molecule has 120 valence electrons. The predicted molar refractivity (Wildman–Crippen MR) is 89.3 cm³/mol. The first-order valence-corrected chi connectivity index (χ1v) is 7.32. The molecule has 0 aliphatic rings. The summed E-state index contributed by atoms with van der Waals surface area (Å²) in [5.74, 6) is 0.763. The van der Waals surface area contributed by atoms with E-state index < -0.39 is 0 Å². The van der Waals surface area contributed by atoms with E-state index in [0.717, 1.165) is 16.8 Å². The van der Waals surface area contributed by atoms with Crippen molar-refractivity contribution in [3.05, 3.63) is 53.1 Å². The molecule has 0 spiro atoms. The van der Waals surface area contributed by atoms with E-state index >= 15 is 0 Å². The number of aryl methyl sites for hydroxylation is 2. The number of rotatable bonds is 4. The van der Waals surface area contributed by atoms with Crippen molar-refractivity contribution in [3.8, 4) is 11.9 Å². The molecule has 0 atom stereocenters. The van der Waals surface area contributed by atoms with Crippen LogP contribution in [0.3, 0.4) is 0 Å². The van der Waals surface area contributed by atoms with Crippen LogP contribution < -0.4 is 11.1 Å². The molecule has 0 bridgehead atoms. The third-order valence-corrected chi connectivity index (χ3v) is 3.49. The Kier molecular flexibility index (Phi) is 4.07. The van der Waals surface area contributed by atoms with Crippen LogP contribution in [0.2, 0.25) is 0 Å². The number of nitrogens with zero attached hydrogens (tertiary/aromatic N) is 6. The molecule has 0 aliphatic carbocycles. The van der Waals surface area contributed by atoms with Crippen molar-refractivity contribution in [1.29, 1.82) is 5.26 Å². The van der Waals surface area contributed by atoms with Gasteiger partial charge in [-0.15, -0.1) is 0 Å². The van der Waals surface area contributed by atoms with E-state index in [4.69, 9.17) is 5.73 Å². The van der Waals surface area contributed by atoms with E-state index in [9.17, 15) is 5.26 Å². The summed E-state index contributed by atoms with van der Waals surface area (Å²) in [6.07, 6.45) is 5.10. The highest BCUT2D eigenvalue weighted by atomic mass is 15.3. The highest BCUT2D eigenvalue weighted by Crippen LogP contribution is 2.20. The Balaban J connectivity index is 1.95. The SMILES string of the molecule is Cc1cnc(CNc2nc(N)nc(-n3cccn3)c2C#N)c(C)c1. The maximum absolute atomic E-state index is 9.51. The number of nitrogens with one attached hydrogen (secondary N) is 1. The van der Waals surface area contributed by atoms with Crippen LogP contribution in [0, 0.1) is 25.2 Å². The quantitative estimate of drug-likeness (QED) is 0.751. The van der Waals surface area contributed by atoms with Gasteiger partial charge in [-0.1, -0.05) is 6.07 Å². The van der Waals surface area contributed by atoms with Gasteiger partial charge in [-0.3, -0.25) is 4.98 Å². The van der Waals surface area contributed by atoms with Crippen molar-refractivity contribution in [3.63, 3.8) is 0 Å². The van der Waals surface area contributed by atoms with Gasteiger partial charge in [0.1, 0.15) is 11.6 Å². The number of anilines is 2. The van der Waals surface area contributed by atoms with Gasteiger partial charge in [0, 0.05) is 18.6 Å². The Morgan fingerprint density at radius 3 is 2.83 bits per heavy atom. The molecule has 0 fully saturated rings. The van der Waals surface area contributed by atoms with E-state index in [0.29, 0.717) is 18.2 Å². The van der Waals surface area contributed by atoms with Crippen molar-refractivity contribution in [2.24, 2.45) is 0 Å². The lowest BCUT2D eigenvalue weighted by Crippen LogP contribution is -2.12. The standard InChI is InChI=1S/C16H16N8/c1-10-6-11(2)13(19-8-10)9-20-14-12(7-17)15(23-16(18)22-14)24-5-3-4-21-24/h3-6,8H,9H2,1-2H3,(H3,18,20,22,23). The molecule has 3 rings (SSSR count). The molecule has 3 N–H and O–H groups in total. The first-order chi connectivity index (χ1) is 11.6. The molecule has 0 saturated carbocycles. The van der Waals surface area contributed by atoms with E-state index in [1.165, 1.54) is 4.68 Å². The van der Waals surface area contributed by atoms with Gasteiger partial charge in [0.05, 0.1) is 12.2 Å².